The molecule has 0 spiro atoms. The van der Waals surface area contributed by atoms with Gasteiger partial charge >= 0.3 is 0 Å². The van der Waals surface area contributed by atoms with E-state index >= 15 is 0 Å². The van der Waals surface area contributed by atoms with E-state index in [9.17, 15) is 4.79 Å². The summed E-state index contributed by atoms with van der Waals surface area (Å²) in [5.41, 5.74) is 1.42. The van der Waals surface area contributed by atoms with E-state index in [4.69, 9.17) is 0 Å². The summed E-state index contributed by atoms with van der Waals surface area (Å²) in [6.45, 7) is 0.773. The lowest BCUT2D eigenvalue weighted by atomic mass is 9.99. The van der Waals surface area contributed by atoms with Gasteiger partial charge in [0.25, 0.3) is 0 Å². The summed E-state index contributed by atoms with van der Waals surface area (Å²) in [4.78, 5) is 11.7. The van der Waals surface area contributed by atoms with Gasteiger partial charge in [0, 0.05) is 13.0 Å². The van der Waals surface area contributed by atoms with Crippen molar-refractivity contribution in [1.82, 2.24) is 5.32 Å². The highest BCUT2D eigenvalue weighted by Crippen LogP contribution is 2.20. The molecule has 0 aromatic carbocycles. The highest BCUT2D eigenvalue weighted by Gasteiger charge is 2.14. The molecule has 2 aliphatic rings. The lowest BCUT2D eigenvalue weighted by Crippen LogP contribution is -2.27. The Labute approximate surface area is 97.8 Å². The van der Waals surface area contributed by atoms with E-state index in [-0.39, 0.29) is 5.91 Å². The summed E-state index contributed by atoms with van der Waals surface area (Å²) < 4.78 is 0. The number of rotatable bonds is 4. The van der Waals surface area contributed by atoms with Gasteiger partial charge in [-0.05, 0) is 44.4 Å². The third-order valence-electron chi connectivity index (χ3n) is 3.46. The van der Waals surface area contributed by atoms with Crippen molar-refractivity contribution in [2.45, 2.75) is 44.9 Å². The zero-order valence-corrected chi connectivity index (χ0v) is 9.87. The van der Waals surface area contributed by atoms with Crippen molar-refractivity contribution in [1.29, 1.82) is 0 Å². The second-order valence-electron chi connectivity index (χ2n) is 4.85. The predicted molar refractivity (Wildman–Crippen MR) is 66.0 cm³/mol. The quantitative estimate of drug-likeness (QED) is 0.724. The van der Waals surface area contributed by atoms with Crippen LogP contribution in [0, 0.1) is 5.92 Å². The van der Waals surface area contributed by atoms with E-state index < -0.39 is 0 Å². The number of hydrogen-bond donors (Lipinski definition) is 1. The first-order valence-electron chi connectivity index (χ1n) is 6.46. The van der Waals surface area contributed by atoms with Gasteiger partial charge in [-0.1, -0.05) is 23.8 Å². The molecule has 2 aliphatic carbocycles. The van der Waals surface area contributed by atoms with E-state index in [1.54, 1.807) is 0 Å². The molecule has 0 aromatic rings. The molecule has 2 heteroatoms. The van der Waals surface area contributed by atoms with Crippen LogP contribution >= 0.6 is 0 Å². The minimum atomic E-state index is 0.211. The van der Waals surface area contributed by atoms with Crippen LogP contribution in [0.1, 0.15) is 44.9 Å². The Morgan fingerprint density at radius 1 is 1.38 bits per heavy atom. The largest absolute Gasteiger partial charge is 0.352 e. The van der Waals surface area contributed by atoms with Gasteiger partial charge in [0.1, 0.15) is 0 Å². The molecule has 1 amide bonds. The van der Waals surface area contributed by atoms with Crippen LogP contribution in [0.4, 0.5) is 0 Å². The van der Waals surface area contributed by atoms with Gasteiger partial charge in [0.05, 0.1) is 0 Å². The molecule has 88 valence electrons. The maximum Gasteiger partial charge on any atom is 0.220 e. The summed E-state index contributed by atoms with van der Waals surface area (Å²) >= 11 is 0. The Bertz CT molecular complexity index is 304. The van der Waals surface area contributed by atoms with Crippen LogP contribution < -0.4 is 5.32 Å². The minimum absolute atomic E-state index is 0.211. The van der Waals surface area contributed by atoms with Crippen LogP contribution in [-0.4, -0.2) is 12.5 Å². The summed E-state index contributed by atoms with van der Waals surface area (Å²) in [5.74, 6) is 0.698. The fraction of sp³-hybridized carbons (Fsp3) is 0.643. The first-order chi connectivity index (χ1) is 7.84. The molecular formula is C14H21NO. The standard InChI is InChI=1S/C14H21NO/c16-14(10-12-6-4-5-7-12)15-11-13-8-2-1-3-9-13/h4,6,8,12H,1-3,5,7,9-11H2,(H,15,16). The molecule has 0 saturated carbocycles. The second-order valence-corrected chi connectivity index (χ2v) is 4.85. The Hall–Kier alpha value is -1.05. The summed E-state index contributed by atoms with van der Waals surface area (Å²) in [6.07, 6.45) is 14.6. The van der Waals surface area contributed by atoms with Crippen LogP contribution in [0.2, 0.25) is 0 Å². The topological polar surface area (TPSA) is 29.1 Å². The SMILES string of the molecule is O=C(CC1C=CCC1)NCC1=CCCCC1. The lowest BCUT2D eigenvalue weighted by Gasteiger charge is -2.14. The van der Waals surface area contributed by atoms with Crippen molar-refractivity contribution in [3.63, 3.8) is 0 Å². The van der Waals surface area contributed by atoms with Crippen LogP contribution in [0.25, 0.3) is 0 Å². The highest BCUT2D eigenvalue weighted by atomic mass is 16.1. The van der Waals surface area contributed by atoms with Crippen LogP contribution in [0.3, 0.4) is 0 Å². The summed E-state index contributed by atoms with van der Waals surface area (Å²) in [6, 6.07) is 0. The molecule has 2 rings (SSSR count). The smallest absolute Gasteiger partial charge is 0.220 e. The van der Waals surface area contributed by atoms with Gasteiger partial charge in [-0.25, -0.2) is 0 Å². The molecule has 0 saturated heterocycles. The number of allylic oxidation sites excluding steroid dienone is 3. The maximum absolute atomic E-state index is 11.7. The molecule has 1 N–H and O–H groups in total. The Balaban J connectivity index is 1.66. The summed E-state index contributed by atoms with van der Waals surface area (Å²) in [7, 11) is 0. The van der Waals surface area contributed by atoms with Gasteiger partial charge in [0.2, 0.25) is 5.91 Å². The summed E-state index contributed by atoms with van der Waals surface area (Å²) in [5, 5.41) is 3.04. The number of amides is 1. The molecule has 0 radical (unpaired) electrons. The molecule has 1 atom stereocenters. The number of carbonyl (C=O) groups excluding carboxylic acids is 1. The Morgan fingerprint density at radius 2 is 2.31 bits per heavy atom. The molecule has 0 fully saturated rings. The third kappa shape index (κ3) is 3.51. The highest BCUT2D eigenvalue weighted by molar-refractivity contribution is 5.76. The van der Waals surface area contributed by atoms with E-state index in [0.717, 1.165) is 19.4 Å². The number of carbonyl (C=O) groups is 1. The van der Waals surface area contributed by atoms with Crippen LogP contribution in [-0.2, 0) is 4.79 Å². The normalized spacial score (nSPS) is 24.2. The first kappa shape index (κ1) is 11.4. The molecule has 1 unspecified atom stereocenters. The second kappa shape index (κ2) is 5.88. The zero-order valence-electron chi connectivity index (χ0n) is 9.87. The van der Waals surface area contributed by atoms with Gasteiger partial charge < -0.3 is 5.32 Å². The molecule has 16 heavy (non-hydrogen) atoms. The molecule has 2 nitrogen and oxygen atoms in total. The fourth-order valence-corrected chi connectivity index (χ4v) is 2.45. The Morgan fingerprint density at radius 3 is 3.00 bits per heavy atom. The minimum Gasteiger partial charge on any atom is -0.352 e. The van der Waals surface area contributed by atoms with Gasteiger partial charge in [-0.15, -0.1) is 0 Å². The number of hydrogen-bond acceptors (Lipinski definition) is 1. The molecule has 0 heterocycles. The predicted octanol–water partition coefficient (Wildman–Crippen LogP) is 2.96. The average molecular weight is 219 g/mol. The maximum atomic E-state index is 11.7. The molecule has 0 aliphatic heterocycles. The average Bonchev–Trinajstić information content (AvgIpc) is 2.81. The van der Waals surface area contributed by atoms with E-state index in [1.807, 2.05) is 0 Å². The number of nitrogens with one attached hydrogen (secondary N) is 1. The van der Waals surface area contributed by atoms with Crippen LogP contribution in [0.15, 0.2) is 23.8 Å². The Kier molecular flexibility index (Phi) is 4.20. The molecular weight excluding hydrogens is 198 g/mol. The van der Waals surface area contributed by atoms with E-state index in [2.05, 4.69) is 23.5 Å². The van der Waals surface area contributed by atoms with Gasteiger partial charge in [-0.3, -0.25) is 4.79 Å². The monoisotopic (exact) mass is 219 g/mol. The third-order valence-corrected chi connectivity index (χ3v) is 3.46. The van der Waals surface area contributed by atoms with Crippen molar-refractivity contribution < 1.29 is 4.79 Å². The van der Waals surface area contributed by atoms with Crippen molar-refractivity contribution in [3.8, 4) is 0 Å². The van der Waals surface area contributed by atoms with Crippen LogP contribution in [0.5, 0.6) is 0 Å². The molecule has 0 aromatic heterocycles. The zero-order chi connectivity index (χ0) is 11.2. The van der Waals surface area contributed by atoms with E-state index in [1.165, 1.54) is 31.3 Å². The van der Waals surface area contributed by atoms with Crippen molar-refractivity contribution in [2.24, 2.45) is 5.92 Å². The van der Waals surface area contributed by atoms with Gasteiger partial charge in [-0.2, -0.15) is 0 Å². The fourth-order valence-electron chi connectivity index (χ4n) is 2.45. The lowest BCUT2D eigenvalue weighted by molar-refractivity contribution is -0.121. The van der Waals surface area contributed by atoms with Crippen molar-refractivity contribution in [3.05, 3.63) is 23.8 Å². The first-order valence-corrected chi connectivity index (χ1v) is 6.46. The van der Waals surface area contributed by atoms with Crippen molar-refractivity contribution >= 4 is 5.91 Å². The van der Waals surface area contributed by atoms with E-state index in [0.29, 0.717) is 12.3 Å². The van der Waals surface area contributed by atoms with Crippen molar-refractivity contribution in [2.75, 3.05) is 6.54 Å². The van der Waals surface area contributed by atoms with Gasteiger partial charge in [0.15, 0.2) is 0 Å². The molecule has 0 bridgehead atoms.